The molecule has 0 spiro atoms. The van der Waals surface area contributed by atoms with Gasteiger partial charge in [-0.05, 0) is 33.4 Å². The number of hydrogen-bond donors (Lipinski definition) is 0. The number of amides is 1. The molecule has 1 fully saturated rings. The summed E-state index contributed by atoms with van der Waals surface area (Å²) >= 11 is 0. The number of piperidine rings is 1. The molecule has 0 aliphatic carbocycles. The van der Waals surface area contributed by atoms with Gasteiger partial charge >= 0.3 is 0 Å². The Bertz CT molecular complexity index is 151. The third kappa shape index (κ3) is 2.81. The van der Waals surface area contributed by atoms with Crippen LogP contribution >= 0.6 is 0 Å². The van der Waals surface area contributed by atoms with Gasteiger partial charge in [-0.2, -0.15) is 0 Å². The first-order valence-corrected chi connectivity index (χ1v) is 4.62. The largest absolute Gasteiger partial charge is 0.342 e. The van der Waals surface area contributed by atoms with E-state index < -0.39 is 0 Å². The second kappa shape index (κ2) is 4.45. The van der Waals surface area contributed by atoms with Crippen LogP contribution in [0.1, 0.15) is 19.3 Å². The van der Waals surface area contributed by atoms with Gasteiger partial charge in [-0.25, -0.2) is 0 Å². The highest BCUT2D eigenvalue weighted by Crippen LogP contribution is 2.08. The van der Waals surface area contributed by atoms with Gasteiger partial charge in [0.15, 0.2) is 0 Å². The van der Waals surface area contributed by atoms with Gasteiger partial charge in [0, 0.05) is 13.1 Å². The lowest BCUT2D eigenvalue weighted by Crippen LogP contribution is -2.40. The lowest BCUT2D eigenvalue weighted by Gasteiger charge is -2.27. The van der Waals surface area contributed by atoms with Crippen molar-refractivity contribution in [3.8, 4) is 0 Å². The predicted octanol–water partition coefficient (Wildman–Crippen LogP) is 0.560. The van der Waals surface area contributed by atoms with E-state index in [0.29, 0.717) is 6.54 Å². The summed E-state index contributed by atoms with van der Waals surface area (Å²) in [6.45, 7) is 2.49. The molecule has 1 saturated heterocycles. The second-order valence-electron chi connectivity index (χ2n) is 3.68. The Kier molecular flexibility index (Phi) is 3.53. The molecule has 3 nitrogen and oxygen atoms in total. The van der Waals surface area contributed by atoms with Gasteiger partial charge < -0.3 is 9.80 Å². The number of likely N-dealkylation sites (tertiary alicyclic amines) is 1. The van der Waals surface area contributed by atoms with Crippen molar-refractivity contribution in [2.24, 2.45) is 0 Å². The molecule has 1 heterocycles. The van der Waals surface area contributed by atoms with Crippen LogP contribution in [0.2, 0.25) is 0 Å². The Morgan fingerprint density at radius 1 is 1.25 bits per heavy atom. The van der Waals surface area contributed by atoms with E-state index in [2.05, 4.69) is 0 Å². The zero-order valence-corrected chi connectivity index (χ0v) is 8.05. The summed E-state index contributed by atoms with van der Waals surface area (Å²) in [5.74, 6) is 0.278. The van der Waals surface area contributed by atoms with Crippen molar-refractivity contribution in [1.82, 2.24) is 9.80 Å². The Hall–Kier alpha value is -0.570. The summed E-state index contributed by atoms with van der Waals surface area (Å²) in [7, 11) is 3.86. The van der Waals surface area contributed by atoms with E-state index in [1.54, 1.807) is 0 Å². The van der Waals surface area contributed by atoms with Crippen LogP contribution in [0.4, 0.5) is 0 Å². The fourth-order valence-corrected chi connectivity index (χ4v) is 1.51. The van der Waals surface area contributed by atoms with Crippen molar-refractivity contribution in [1.29, 1.82) is 0 Å². The summed E-state index contributed by atoms with van der Waals surface area (Å²) < 4.78 is 0. The van der Waals surface area contributed by atoms with Crippen LogP contribution in [0.3, 0.4) is 0 Å². The van der Waals surface area contributed by atoms with Crippen LogP contribution in [0.5, 0.6) is 0 Å². The summed E-state index contributed by atoms with van der Waals surface area (Å²) in [5, 5.41) is 0. The van der Waals surface area contributed by atoms with E-state index in [0.717, 1.165) is 13.1 Å². The predicted molar refractivity (Wildman–Crippen MR) is 49.0 cm³/mol. The van der Waals surface area contributed by atoms with Gasteiger partial charge in [0.05, 0.1) is 6.54 Å². The molecular weight excluding hydrogens is 152 g/mol. The minimum atomic E-state index is 0.278. The van der Waals surface area contributed by atoms with Crippen LogP contribution in [0.25, 0.3) is 0 Å². The summed E-state index contributed by atoms with van der Waals surface area (Å²) in [5.41, 5.74) is 0. The van der Waals surface area contributed by atoms with Gasteiger partial charge in [-0.3, -0.25) is 4.79 Å². The molecule has 0 N–H and O–H groups in total. The van der Waals surface area contributed by atoms with Crippen molar-refractivity contribution in [2.45, 2.75) is 19.3 Å². The second-order valence-corrected chi connectivity index (χ2v) is 3.68. The van der Waals surface area contributed by atoms with E-state index in [1.165, 1.54) is 19.3 Å². The first-order valence-electron chi connectivity index (χ1n) is 4.62. The minimum absolute atomic E-state index is 0.278. The minimum Gasteiger partial charge on any atom is -0.342 e. The monoisotopic (exact) mass is 170 g/mol. The lowest BCUT2D eigenvalue weighted by molar-refractivity contribution is -0.132. The van der Waals surface area contributed by atoms with Crippen molar-refractivity contribution in [3.63, 3.8) is 0 Å². The maximum atomic E-state index is 11.5. The quantitative estimate of drug-likeness (QED) is 0.604. The molecule has 0 atom stereocenters. The Morgan fingerprint density at radius 2 is 1.83 bits per heavy atom. The van der Waals surface area contributed by atoms with Crippen molar-refractivity contribution in [2.75, 3.05) is 33.7 Å². The van der Waals surface area contributed by atoms with Gasteiger partial charge in [0.2, 0.25) is 5.91 Å². The fraction of sp³-hybridized carbons (Fsp3) is 0.889. The zero-order valence-electron chi connectivity index (χ0n) is 8.05. The van der Waals surface area contributed by atoms with E-state index >= 15 is 0 Å². The van der Waals surface area contributed by atoms with Crippen molar-refractivity contribution in [3.05, 3.63) is 0 Å². The molecule has 0 saturated carbocycles. The molecule has 3 heteroatoms. The van der Waals surface area contributed by atoms with Crippen LogP contribution in [0.15, 0.2) is 0 Å². The standard InChI is InChI=1S/C9H18N2O/c1-10(2)8-9(12)11-6-4-3-5-7-11/h3-8H2,1-2H3. The molecule has 0 unspecified atom stereocenters. The zero-order chi connectivity index (χ0) is 8.97. The van der Waals surface area contributed by atoms with Crippen molar-refractivity contribution < 1.29 is 4.79 Å². The smallest absolute Gasteiger partial charge is 0.236 e. The molecule has 1 rings (SSSR count). The SMILES string of the molecule is CN(C)CC(=O)N1CCCCC1. The first kappa shape index (κ1) is 9.52. The molecule has 70 valence electrons. The topological polar surface area (TPSA) is 23.6 Å². The Morgan fingerprint density at radius 3 is 2.33 bits per heavy atom. The van der Waals surface area contributed by atoms with Crippen LogP contribution in [0, 0.1) is 0 Å². The van der Waals surface area contributed by atoms with E-state index in [4.69, 9.17) is 0 Å². The number of hydrogen-bond acceptors (Lipinski definition) is 2. The Balaban J connectivity index is 2.30. The highest BCUT2D eigenvalue weighted by Gasteiger charge is 2.16. The number of carbonyl (C=O) groups excluding carboxylic acids is 1. The van der Waals surface area contributed by atoms with Crippen LogP contribution in [-0.2, 0) is 4.79 Å². The normalized spacial score (nSPS) is 18.4. The number of likely N-dealkylation sites (N-methyl/N-ethyl adjacent to an activating group) is 1. The highest BCUT2D eigenvalue weighted by molar-refractivity contribution is 5.78. The molecule has 0 aromatic rings. The molecule has 12 heavy (non-hydrogen) atoms. The molecule has 1 aliphatic heterocycles. The highest BCUT2D eigenvalue weighted by atomic mass is 16.2. The molecule has 1 aliphatic rings. The van der Waals surface area contributed by atoms with Gasteiger partial charge in [0.1, 0.15) is 0 Å². The van der Waals surface area contributed by atoms with E-state index in [9.17, 15) is 4.79 Å². The van der Waals surface area contributed by atoms with Crippen molar-refractivity contribution >= 4 is 5.91 Å². The molecule has 0 aromatic carbocycles. The van der Waals surface area contributed by atoms with Crippen LogP contribution in [-0.4, -0.2) is 49.4 Å². The van der Waals surface area contributed by atoms with Gasteiger partial charge in [-0.1, -0.05) is 0 Å². The third-order valence-electron chi connectivity index (χ3n) is 2.16. The average molecular weight is 170 g/mol. The summed E-state index contributed by atoms with van der Waals surface area (Å²) in [6, 6.07) is 0. The third-order valence-corrected chi connectivity index (χ3v) is 2.16. The fourth-order valence-electron chi connectivity index (χ4n) is 1.51. The number of carbonyl (C=O) groups is 1. The number of nitrogens with zero attached hydrogens (tertiary/aromatic N) is 2. The van der Waals surface area contributed by atoms with Gasteiger partial charge in [-0.15, -0.1) is 0 Å². The van der Waals surface area contributed by atoms with Crippen LogP contribution < -0.4 is 0 Å². The molecule has 0 bridgehead atoms. The first-order chi connectivity index (χ1) is 5.70. The number of rotatable bonds is 2. The molecule has 1 amide bonds. The van der Waals surface area contributed by atoms with E-state index in [-0.39, 0.29) is 5.91 Å². The maximum Gasteiger partial charge on any atom is 0.236 e. The summed E-state index contributed by atoms with van der Waals surface area (Å²) in [4.78, 5) is 15.4. The van der Waals surface area contributed by atoms with E-state index in [1.807, 2.05) is 23.9 Å². The molecule has 0 aromatic heterocycles. The van der Waals surface area contributed by atoms with Gasteiger partial charge in [0.25, 0.3) is 0 Å². The lowest BCUT2D eigenvalue weighted by atomic mass is 10.1. The molecule has 0 radical (unpaired) electrons. The summed E-state index contributed by atoms with van der Waals surface area (Å²) in [6.07, 6.45) is 3.64. The maximum absolute atomic E-state index is 11.5. The molecular formula is C9H18N2O. The Labute approximate surface area is 74.3 Å². The average Bonchev–Trinajstić information content (AvgIpc) is 2.05.